The molecule has 0 saturated heterocycles. The Bertz CT molecular complexity index is 1450. The van der Waals surface area contributed by atoms with Crippen LogP contribution in [0.1, 0.15) is 323 Å². The van der Waals surface area contributed by atoms with Gasteiger partial charge in [-0.05, 0) is 96.3 Å². The van der Waals surface area contributed by atoms with Crippen molar-refractivity contribution in [3.63, 3.8) is 0 Å². The van der Waals surface area contributed by atoms with Gasteiger partial charge in [-0.15, -0.1) is 0 Å². The van der Waals surface area contributed by atoms with Crippen LogP contribution in [0.15, 0.2) is 85.1 Å². The fourth-order valence-electron chi connectivity index (χ4n) is 9.27. The largest absolute Gasteiger partial charge is 0.462 e. The molecule has 0 amide bonds. The van der Waals surface area contributed by atoms with Gasteiger partial charge in [0, 0.05) is 19.3 Å². The molecule has 0 N–H and O–H groups in total. The van der Waals surface area contributed by atoms with Gasteiger partial charge < -0.3 is 14.2 Å². The van der Waals surface area contributed by atoms with Crippen LogP contribution in [0.4, 0.5) is 0 Å². The van der Waals surface area contributed by atoms with Crippen LogP contribution in [-0.2, 0) is 28.6 Å². The molecule has 0 spiro atoms. The molecule has 76 heavy (non-hydrogen) atoms. The molecule has 0 bridgehead atoms. The number of rotatable bonds is 59. The molecule has 0 fully saturated rings. The van der Waals surface area contributed by atoms with Gasteiger partial charge in [0.1, 0.15) is 13.2 Å². The Kier molecular flexibility index (Phi) is 61.2. The average molecular weight is 1060 g/mol. The van der Waals surface area contributed by atoms with Gasteiger partial charge in [-0.25, -0.2) is 0 Å². The second-order valence-corrected chi connectivity index (χ2v) is 21.6. The van der Waals surface area contributed by atoms with Gasteiger partial charge in [0.2, 0.25) is 0 Å². The number of carbonyl (C=O) groups excluding carboxylic acids is 3. The summed E-state index contributed by atoms with van der Waals surface area (Å²) < 4.78 is 16.9. The maximum atomic E-state index is 12.8. The predicted octanol–water partition coefficient (Wildman–Crippen LogP) is 22.3. The Morgan fingerprint density at radius 2 is 0.513 bits per heavy atom. The topological polar surface area (TPSA) is 78.9 Å². The third-order valence-electron chi connectivity index (χ3n) is 14.1. The molecular weight excluding hydrogens is 937 g/mol. The van der Waals surface area contributed by atoms with Crippen LogP contribution in [0.25, 0.3) is 0 Å². The smallest absolute Gasteiger partial charge is 0.306 e. The highest BCUT2D eigenvalue weighted by atomic mass is 16.6. The zero-order valence-electron chi connectivity index (χ0n) is 50.3. The highest BCUT2D eigenvalue weighted by molar-refractivity contribution is 5.71. The standard InChI is InChI=1S/C70H122O6/c1-4-7-10-13-16-19-21-23-25-27-28-29-30-31-32-33-34-35-36-37-38-39-40-41-42-44-45-47-49-51-54-57-60-63-69(72)75-66-67(65-74-68(71)62-59-56-53-18-15-12-9-6-3)76-70(73)64-61-58-55-52-50-48-46-43-26-24-22-20-17-14-11-8-5-2/h7,10,16,19,23-26,28-29,31-32,34-35,67H,4-6,8-9,11-15,17-18,20-22,27,30,33,36-66H2,1-3H3/b10-7-,19-16-,25-23-,26-24-,29-28-,32-31-,35-34-. The number of allylic oxidation sites excluding steroid dienone is 14. The van der Waals surface area contributed by atoms with E-state index in [0.717, 1.165) is 96.3 Å². The molecule has 1 unspecified atom stereocenters. The van der Waals surface area contributed by atoms with Crippen LogP contribution in [-0.4, -0.2) is 37.2 Å². The Morgan fingerprint density at radius 3 is 0.816 bits per heavy atom. The minimum atomic E-state index is -0.775. The monoisotopic (exact) mass is 1060 g/mol. The highest BCUT2D eigenvalue weighted by Gasteiger charge is 2.19. The Labute approximate surface area is 471 Å². The first kappa shape index (κ1) is 72.6. The van der Waals surface area contributed by atoms with Crippen LogP contribution in [0, 0.1) is 0 Å². The third kappa shape index (κ3) is 61.4. The Morgan fingerprint density at radius 1 is 0.276 bits per heavy atom. The summed E-state index contributed by atoms with van der Waals surface area (Å²) in [5, 5.41) is 0. The number of esters is 3. The minimum Gasteiger partial charge on any atom is -0.462 e. The zero-order valence-corrected chi connectivity index (χ0v) is 50.3. The summed E-state index contributed by atoms with van der Waals surface area (Å²) in [4.78, 5) is 38.1. The number of hydrogen-bond donors (Lipinski definition) is 0. The van der Waals surface area contributed by atoms with E-state index < -0.39 is 6.10 Å². The van der Waals surface area contributed by atoms with E-state index in [2.05, 4.69) is 106 Å². The van der Waals surface area contributed by atoms with Crippen LogP contribution in [0.2, 0.25) is 0 Å². The van der Waals surface area contributed by atoms with Crippen molar-refractivity contribution in [3.05, 3.63) is 85.1 Å². The lowest BCUT2D eigenvalue weighted by Gasteiger charge is -2.18. The first-order chi connectivity index (χ1) is 37.5. The second-order valence-electron chi connectivity index (χ2n) is 21.6. The Hall–Kier alpha value is -3.41. The van der Waals surface area contributed by atoms with Crippen molar-refractivity contribution in [2.24, 2.45) is 0 Å². The number of carbonyl (C=O) groups is 3. The van der Waals surface area contributed by atoms with Gasteiger partial charge in [0.25, 0.3) is 0 Å². The number of ether oxygens (including phenoxy) is 3. The molecule has 0 rings (SSSR count). The number of unbranched alkanes of at least 4 members (excludes halogenated alkanes) is 34. The Balaban J connectivity index is 4.08. The molecule has 0 aliphatic carbocycles. The minimum absolute atomic E-state index is 0.0740. The SMILES string of the molecule is CC/C=C\C/C=C\C/C=C\C/C=C\C/C=C\C/C=C\CCCCCCCCCCCCCCCCC(=O)OCC(COC(=O)CCCCCCCCCC)OC(=O)CCCCCCCCC/C=C\CCCCCCCC. The van der Waals surface area contributed by atoms with E-state index in [9.17, 15) is 14.4 Å². The molecule has 438 valence electrons. The summed E-state index contributed by atoms with van der Waals surface area (Å²) in [5.74, 6) is -0.871. The quantitative estimate of drug-likeness (QED) is 0.0261. The molecule has 1 atom stereocenters. The zero-order chi connectivity index (χ0) is 55.0. The summed E-state index contributed by atoms with van der Waals surface area (Å²) in [5.41, 5.74) is 0. The first-order valence-electron chi connectivity index (χ1n) is 32.6. The average Bonchev–Trinajstić information content (AvgIpc) is 3.42. The molecule has 0 aliphatic rings. The van der Waals surface area contributed by atoms with Crippen LogP contribution >= 0.6 is 0 Å². The molecule has 0 heterocycles. The molecule has 0 saturated carbocycles. The molecular formula is C70H122O6. The van der Waals surface area contributed by atoms with E-state index in [4.69, 9.17) is 14.2 Å². The fourth-order valence-corrected chi connectivity index (χ4v) is 9.27. The summed E-state index contributed by atoms with van der Waals surface area (Å²) in [6.45, 7) is 6.52. The van der Waals surface area contributed by atoms with Gasteiger partial charge in [0.15, 0.2) is 6.10 Å². The van der Waals surface area contributed by atoms with E-state index >= 15 is 0 Å². The van der Waals surface area contributed by atoms with Gasteiger partial charge in [-0.2, -0.15) is 0 Å². The van der Waals surface area contributed by atoms with Crippen molar-refractivity contribution in [2.45, 2.75) is 329 Å². The maximum Gasteiger partial charge on any atom is 0.306 e. The van der Waals surface area contributed by atoms with Crippen molar-refractivity contribution in [3.8, 4) is 0 Å². The lowest BCUT2D eigenvalue weighted by Crippen LogP contribution is -2.30. The van der Waals surface area contributed by atoms with Crippen molar-refractivity contribution in [2.75, 3.05) is 13.2 Å². The first-order valence-corrected chi connectivity index (χ1v) is 32.6. The maximum absolute atomic E-state index is 12.8. The van der Waals surface area contributed by atoms with E-state index in [1.54, 1.807) is 0 Å². The molecule has 0 aromatic carbocycles. The highest BCUT2D eigenvalue weighted by Crippen LogP contribution is 2.17. The van der Waals surface area contributed by atoms with E-state index in [1.165, 1.54) is 186 Å². The molecule has 0 radical (unpaired) electrons. The van der Waals surface area contributed by atoms with Crippen molar-refractivity contribution in [1.29, 1.82) is 0 Å². The van der Waals surface area contributed by atoms with Gasteiger partial charge in [-0.1, -0.05) is 292 Å². The molecule has 0 aromatic heterocycles. The number of hydrogen-bond acceptors (Lipinski definition) is 6. The van der Waals surface area contributed by atoms with Crippen LogP contribution in [0.5, 0.6) is 0 Å². The van der Waals surface area contributed by atoms with Crippen LogP contribution < -0.4 is 0 Å². The predicted molar refractivity (Wildman–Crippen MR) is 330 cm³/mol. The van der Waals surface area contributed by atoms with Gasteiger partial charge in [-0.3, -0.25) is 14.4 Å². The third-order valence-corrected chi connectivity index (χ3v) is 14.1. The fraction of sp³-hybridized carbons (Fsp3) is 0.757. The normalized spacial score (nSPS) is 12.6. The van der Waals surface area contributed by atoms with E-state index in [1.807, 2.05) is 0 Å². The van der Waals surface area contributed by atoms with E-state index in [0.29, 0.717) is 19.3 Å². The molecule has 6 nitrogen and oxygen atoms in total. The summed E-state index contributed by atoms with van der Waals surface area (Å²) in [7, 11) is 0. The van der Waals surface area contributed by atoms with Crippen molar-refractivity contribution < 1.29 is 28.6 Å². The lowest BCUT2D eigenvalue weighted by molar-refractivity contribution is -0.167. The molecule has 6 heteroatoms. The van der Waals surface area contributed by atoms with Crippen LogP contribution in [0.3, 0.4) is 0 Å². The summed E-state index contributed by atoms with van der Waals surface area (Å²) in [6, 6.07) is 0. The van der Waals surface area contributed by atoms with Crippen molar-refractivity contribution >= 4 is 17.9 Å². The molecule has 0 aliphatic heterocycles. The van der Waals surface area contributed by atoms with Gasteiger partial charge >= 0.3 is 17.9 Å². The van der Waals surface area contributed by atoms with Crippen molar-refractivity contribution in [1.82, 2.24) is 0 Å². The van der Waals surface area contributed by atoms with E-state index in [-0.39, 0.29) is 31.1 Å². The molecule has 0 aromatic rings. The lowest BCUT2D eigenvalue weighted by atomic mass is 10.0. The van der Waals surface area contributed by atoms with Gasteiger partial charge in [0.05, 0.1) is 0 Å². The summed E-state index contributed by atoms with van der Waals surface area (Å²) in [6.07, 6.45) is 84.7. The second kappa shape index (κ2) is 64.1. The summed E-state index contributed by atoms with van der Waals surface area (Å²) >= 11 is 0.